The lowest BCUT2D eigenvalue weighted by Crippen LogP contribution is -2.29. The van der Waals surface area contributed by atoms with Crippen molar-refractivity contribution in [3.8, 4) is 5.69 Å². The zero-order chi connectivity index (χ0) is 23.0. The van der Waals surface area contributed by atoms with Gasteiger partial charge in [-0.25, -0.2) is 22.2 Å². The minimum atomic E-state index is -1.68. The van der Waals surface area contributed by atoms with E-state index < -0.39 is 34.9 Å². The van der Waals surface area contributed by atoms with E-state index in [1.165, 1.54) is 6.20 Å². The number of nitrogens with one attached hydrogen (secondary N) is 2. The number of aromatic nitrogens is 2. The fourth-order valence-corrected chi connectivity index (χ4v) is 4.07. The van der Waals surface area contributed by atoms with E-state index in [9.17, 15) is 22.4 Å². The molecule has 1 aliphatic rings. The second kappa shape index (κ2) is 10.1. The summed E-state index contributed by atoms with van der Waals surface area (Å²) in [5.41, 5.74) is 0.796. The molecule has 2 heterocycles. The normalized spacial score (nSPS) is 14.1. The van der Waals surface area contributed by atoms with Crippen LogP contribution in [0.25, 0.3) is 5.69 Å². The number of anilines is 1. The first-order valence-corrected chi connectivity index (χ1v) is 10.4. The summed E-state index contributed by atoms with van der Waals surface area (Å²) in [6.07, 6.45) is 2.67. The topological polar surface area (TPSA) is 59.0 Å². The molecular formula is C22H20Cl2F4N4O. The smallest absolute Gasteiger partial charge is 0.259 e. The van der Waals surface area contributed by atoms with Crippen molar-refractivity contribution in [2.24, 2.45) is 0 Å². The summed E-state index contributed by atoms with van der Waals surface area (Å²) in [7, 11) is 0. The van der Waals surface area contributed by atoms with E-state index in [-0.39, 0.29) is 30.0 Å². The van der Waals surface area contributed by atoms with Gasteiger partial charge >= 0.3 is 0 Å². The van der Waals surface area contributed by atoms with Crippen LogP contribution in [0, 0.1) is 30.2 Å². The van der Waals surface area contributed by atoms with Crippen LogP contribution in [-0.2, 0) is 0 Å². The molecule has 4 rings (SSSR count). The zero-order valence-corrected chi connectivity index (χ0v) is 19.0. The standard InChI is InChI=1S/C22H19ClF4N4O.ClH/c1-11-14(23)3-2-4-17(11)31-21(12-5-7-28-8-6-12)13(10-29-31)22(32)30-20-18(26)15(24)9-16(25)19(20)27;/h2-4,9-10,12,28H,5-8H2,1H3,(H,30,32);1H. The maximum atomic E-state index is 14.1. The third-order valence-electron chi connectivity index (χ3n) is 5.59. The number of benzene rings is 2. The van der Waals surface area contributed by atoms with E-state index in [1.807, 2.05) is 12.2 Å². The molecule has 0 spiro atoms. The molecule has 0 unspecified atom stereocenters. The molecule has 1 amide bonds. The molecule has 0 bridgehead atoms. The van der Waals surface area contributed by atoms with E-state index in [1.54, 1.807) is 22.9 Å². The Balaban J connectivity index is 0.00000306. The van der Waals surface area contributed by atoms with Crippen molar-refractivity contribution in [2.75, 3.05) is 18.4 Å². The number of rotatable bonds is 4. The lowest BCUT2D eigenvalue weighted by molar-refractivity contribution is 0.102. The number of piperidine rings is 1. The molecule has 1 aromatic heterocycles. The van der Waals surface area contributed by atoms with Gasteiger partial charge in [-0.05, 0) is 50.6 Å². The maximum Gasteiger partial charge on any atom is 0.259 e. The lowest BCUT2D eigenvalue weighted by atomic mass is 9.91. The van der Waals surface area contributed by atoms with E-state index >= 15 is 0 Å². The fraction of sp³-hybridized carbons (Fsp3) is 0.273. The summed E-state index contributed by atoms with van der Waals surface area (Å²) in [5.74, 6) is -7.59. The fourth-order valence-electron chi connectivity index (χ4n) is 3.90. The van der Waals surface area contributed by atoms with Gasteiger partial charge in [0, 0.05) is 17.0 Å². The molecule has 1 aliphatic heterocycles. The first kappa shape index (κ1) is 25.0. The Kier molecular flexibility index (Phi) is 7.66. The van der Waals surface area contributed by atoms with Crippen LogP contribution < -0.4 is 10.6 Å². The van der Waals surface area contributed by atoms with Crippen LogP contribution in [0.4, 0.5) is 23.2 Å². The maximum absolute atomic E-state index is 14.1. The van der Waals surface area contributed by atoms with E-state index in [0.717, 1.165) is 5.56 Å². The molecule has 0 radical (unpaired) electrons. The van der Waals surface area contributed by atoms with E-state index in [2.05, 4.69) is 10.4 Å². The summed E-state index contributed by atoms with van der Waals surface area (Å²) in [4.78, 5) is 13.0. The van der Waals surface area contributed by atoms with Gasteiger partial charge in [0.15, 0.2) is 23.3 Å². The molecule has 3 aromatic rings. The Hall–Kier alpha value is -2.62. The Bertz CT molecular complexity index is 1170. The van der Waals surface area contributed by atoms with Crippen LogP contribution in [0.15, 0.2) is 30.5 Å². The van der Waals surface area contributed by atoms with Crippen LogP contribution in [-0.4, -0.2) is 28.8 Å². The van der Waals surface area contributed by atoms with Crippen LogP contribution in [0.2, 0.25) is 5.02 Å². The number of nitrogens with zero attached hydrogens (tertiary/aromatic N) is 2. The van der Waals surface area contributed by atoms with Crippen molar-refractivity contribution < 1.29 is 22.4 Å². The molecule has 0 saturated carbocycles. The highest BCUT2D eigenvalue weighted by molar-refractivity contribution is 6.31. The van der Waals surface area contributed by atoms with Crippen molar-refractivity contribution in [1.82, 2.24) is 15.1 Å². The summed E-state index contributed by atoms with van der Waals surface area (Å²) in [6.45, 7) is 3.24. The van der Waals surface area contributed by atoms with Gasteiger partial charge in [0.2, 0.25) is 0 Å². The van der Waals surface area contributed by atoms with Gasteiger partial charge in [0.1, 0.15) is 5.69 Å². The molecule has 11 heteroatoms. The van der Waals surface area contributed by atoms with Crippen molar-refractivity contribution >= 4 is 35.6 Å². The number of halogens is 6. The lowest BCUT2D eigenvalue weighted by Gasteiger charge is -2.25. The van der Waals surface area contributed by atoms with Crippen LogP contribution in [0.3, 0.4) is 0 Å². The Morgan fingerprint density at radius 2 is 1.79 bits per heavy atom. The third kappa shape index (κ3) is 4.71. The van der Waals surface area contributed by atoms with Crippen LogP contribution in [0.5, 0.6) is 0 Å². The molecule has 1 fully saturated rings. The van der Waals surface area contributed by atoms with Crippen molar-refractivity contribution in [3.63, 3.8) is 0 Å². The highest BCUT2D eigenvalue weighted by atomic mass is 35.5. The van der Waals surface area contributed by atoms with Gasteiger partial charge in [-0.1, -0.05) is 17.7 Å². The molecule has 2 N–H and O–H groups in total. The number of hydrogen-bond acceptors (Lipinski definition) is 3. The number of carbonyl (C=O) groups is 1. The van der Waals surface area contributed by atoms with Crippen molar-refractivity contribution in [1.29, 1.82) is 0 Å². The highest BCUT2D eigenvalue weighted by Crippen LogP contribution is 2.33. The van der Waals surface area contributed by atoms with Crippen LogP contribution in [0.1, 0.15) is 40.4 Å². The third-order valence-corrected chi connectivity index (χ3v) is 6.00. The van der Waals surface area contributed by atoms with Crippen molar-refractivity contribution in [2.45, 2.75) is 25.7 Å². The predicted octanol–water partition coefficient (Wildman–Crippen LogP) is 5.53. The molecule has 1 saturated heterocycles. The van der Waals surface area contributed by atoms with Gasteiger partial charge in [0.05, 0.1) is 23.1 Å². The minimum absolute atomic E-state index is 0. The van der Waals surface area contributed by atoms with Gasteiger partial charge < -0.3 is 10.6 Å². The number of carbonyl (C=O) groups excluding carboxylic acids is 1. The van der Waals surface area contributed by atoms with E-state index in [0.29, 0.717) is 42.3 Å². The predicted molar refractivity (Wildman–Crippen MR) is 120 cm³/mol. The van der Waals surface area contributed by atoms with Crippen molar-refractivity contribution in [3.05, 3.63) is 75.6 Å². The molecule has 0 atom stereocenters. The van der Waals surface area contributed by atoms with Gasteiger partial charge in [-0.2, -0.15) is 5.10 Å². The minimum Gasteiger partial charge on any atom is -0.317 e. The van der Waals surface area contributed by atoms with Gasteiger partial charge in [-0.3, -0.25) is 4.79 Å². The molecule has 5 nitrogen and oxygen atoms in total. The second-order valence-electron chi connectivity index (χ2n) is 7.56. The first-order valence-electron chi connectivity index (χ1n) is 9.98. The monoisotopic (exact) mass is 502 g/mol. The summed E-state index contributed by atoms with van der Waals surface area (Å²) in [6, 6.07) is 5.35. The Morgan fingerprint density at radius 3 is 2.42 bits per heavy atom. The van der Waals surface area contributed by atoms with Crippen LogP contribution >= 0.6 is 24.0 Å². The SMILES string of the molecule is Cc1c(Cl)cccc1-n1ncc(C(=O)Nc2c(F)c(F)cc(F)c2F)c1C1CCNCC1.Cl. The molecule has 33 heavy (non-hydrogen) atoms. The average Bonchev–Trinajstić information content (AvgIpc) is 3.23. The zero-order valence-electron chi connectivity index (χ0n) is 17.4. The molecule has 2 aromatic carbocycles. The number of amides is 1. The average molecular weight is 503 g/mol. The Labute approximate surface area is 198 Å². The first-order chi connectivity index (χ1) is 15.3. The van der Waals surface area contributed by atoms with Gasteiger partial charge in [0.25, 0.3) is 5.91 Å². The molecule has 0 aliphatic carbocycles. The Morgan fingerprint density at radius 1 is 1.15 bits per heavy atom. The van der Waals surface area contributed by atoms with Gasteiger partial charge in [-0.15, -0.1) is 12.4 Å². The number of hydrogen-bond donors (Lipinski definition) is 2. The molecular weight excluding hydrogens is 483 g/mol. The molecule has 176 valence electrons. The quantitative estimate of drug-likeness (QED) is 0.364. The second-order valence-corrected chi connectivity index (χ2v) is 7.97. The van der Waals surface area contributed by atoms with E-state index in [4.69, 9.17) is 11.6 Å². The summed E-state index contributed by atoms with van der Waals surface area (Å²) in [5, 5.41) is 10.1. The summed E-state index contributed by atoms with van der Waals surface area (Å²) < 4.78 is 57.0. The largest absolute Gasteiger partial charge is 0.317 e. The summed E-state index contributed by atoms with van der Waals surface area (Å²) >= 11 is 6.26. The highest BCUT2D eigenvalue weighted by Gasteiger charge is 2.29.